The average Bonchev–Trinajstić information content (AvgIpc) is 3.07. The fourth-order valence-electron chi connectivity index (χ4n) is 2.41. The van der Waals surface area contributed by atoms with E-state index in [0.717, 1.165) is 13.1 Å². The van der Waals surface area contributed by atoms with Crippen LogP contribution in [0.2, 0.25) is 0 Å². The summed E-state index contributed by atoms with van der Waals surface area (Å²) in [5.74, 6) is 0. The van der Waals surface area contributed by atoms with E-state index >= 15 is 0 Å². The van der Waals surface area contributed by atoms with E-state index in [-0.39, 0.29) is 5.41 Å². The summed E-state index contributed by atoms with van der Waals surface area (Å²) in [6, 6.07) is 9.29. The Balaban J connectivity index is 2.13. The molecule has 0 bridgehead atoms. The molecule has 1 saturated carbocycles. The van der Waals surface area contributed by atoms with Crippen LogP contribution < -0.4 is 5.32 Å². The number of hydrogen-bond donors (Lipinski definition) is 1. The predicted molar refractivity (Wildman–Crippen MR) is 74.6 cm³/mol. The van der Waals surface area contributed by atoms with Gasteiger partial charge in [-0.25, -0.2) is 0 Å². The van der Waals surface area contributed by atoms with Crippen molar-refractivity contribution in [1.82, 2.24) is 5.32 Å². The molecule has 0 amide bonds. The first-order valence-corrected chi connectivity index (χ1v) is 6.80. The fraction of sp³-hybridized carbons (Fsp3) is 0.625. The van der Waals surface area contributed by atoms with Gasteiger partial charge in [-0.1, -0.05) is 52.0 Å². The van der Waals surface area contributed by atoms with Crippen LogP contribution in [0.3, 0.4) is 0 Å². The summed E-state index contributed by atoms with van der Waals surface area (Å²) in [6.45, 7) is 11.2. The molecule has 1 heteroatoms. The van der Waals surface area contributed by atoms with Crippen LogP contribution in [0.1, 0.15) is 51.7 Å². The summed E-state index contributed by atoms with van der Waals surface area (Å²) < 4.78 is 0. The van der Waals surface area contributed by atoms with Crippen LogP contribution in [0.15, 0.2) is 24.3 Å². The molecule has 1 aromatic carbocycles. The highest BCUT2D eigenvalue weighted by atomic mass is 14.9. The van der Waals surface area contributed by atoms with Gasteiger partial charge in [0.25, 0.3) is 0 Å². The Bertz CT molecular complexity index is 366. The molecule has 1 aromatic rings. The molecule has 94 valence electrons. The van der Waals surface area contributed by atoms with Crippen molar-refractivity contribution in [2.75, 3.05) is 13.1 Å². The summed E-state index contributed by atoms with van der Waals surface area (Å²) >= 11 is 0. The molecular weight excluding hydrogens is 206 g/mol. The quantitative estimate of drug-likeness (QED) is 0.834. The highest BCUT2D eigenvalue weighted by Gasteiger charge is 2.43. The Morgan fingerprint density at radius 1 is 1.12 bits per heavy atom. The van der Waals surface area contributed by atoms with Gasteiger partial charge in [0.2, 0.25) is 0 Å². The molecule has 0 saturated heterocycles. The fourth-order valence-corrected chi connectivity index (χ4v) is 2.41. The van der Waals surface area contributed by atoms with Gasteiger partial charge < -0.3 is 5.32 Å². The zero-order chi connectivity index (χ0) is 12.5. The topological polar surface area (TPSA) is 12.0 Å². The highest BCUT2D eigenvalue weighted by molar-refractivity contribution is 5.36. The lowest BCUT2D eigenvalue weighted by molar-refractivity contribution is 0.580. The minimum atomic E-state index is 0.261. The van der Waals surface area contributed by atoms with Crippen molar-refractivity contribution in [3.05, 3.63) is 35.4 Å². The first kappa shape index (κ1) is 12.6. The first-order chi connectivity index (χ1) is 7.98. The van der Waals surface area contributed by atoms with Crippen LogP contribution in [0.4, 0.5) is 0 Å². The molecule has 17 heavy (non-hydrogen) atoms. The van der Waals surface area contributed by atoms with Crippen molar-refractivity contribution in [3.63, 3.8) is 0 Å². The molecule has 0 atom stereocenters. The first-order valence-electron chi connectivity index (χ1n) is 6.80. The number of nitrogens with one attached hydrogen (secondary N) is 1. The highest BCUT2D eigenvalue weighted by Crippen LogP contribution is 2.47. The van der Waals surface area contributed by atoms with Crippen molar-refractivity contribution < 1.29 is 0 Å². The van der Waals surface area contributed by atoms with Gasteiger partial charge in [-0.15, -0.1) is 0 Å². The van der Waals surface area contributed by atoms with Gasteiger partial charge >= 0.3 is 0 Å². The van der Waals surface area contributed by atoms with Gasteiger partial charge in [0, 0.05) is 12.0 Å². The van der Waals surface area contributed by atoms with Crippen molar-refractivity contribution in [1.29, 1.82) is 0 Å². The summed E-state index contributed by atoms with van der Waals surface area (Å²) in [7, 11) is 0. The lowest BCUT2D eigenvalue weighted by atomic mass is 9.85. The third kappa shape index (κ3) is 2.71. The normalized spacial score (nSPS) is 18.1. The van der Waals surface area contributed by atoms with E-state index in [2.05, 4.69) is 57.3 Å². The third-order valence-electron chi connectivity index (χ3n) is 3.93. The summed E-state index contributed by atoms with van der Waals surface area (Å²) in [5.41, 5.74) is 3.66. The van der Waals surface area contributed by atoms with Crippen LogP contribution >= 0.6 is 0 Å². The van der Waals surface area contributed by atoms with Gasteiger partial charge in [0.1, 0.15) is 0 Å². The molecule has 0 unspecified atom stereocenters. The largest absolute Gasteiger partial charge is 0.316 e. The molecule has 1 nitrogen and oxygen atoms in total. The van der Waals surface area contributed by atoms with Crippen LogP contribution in [0, 0.1) is 0 Å². The van der Waals surface area contributed by atoms with E-state index in [1.165, 1.54) is 24.0 Å². The molecule has 0 spiro atoms. The molecule has 0 radical (unpaired) electrons. The SMILES string of the molecule is CCNCC1(c2ccc(C(C)(C)C)cc2)CC1. The Kier molecular flexibility index (Phi) is 3.31. The maximum absolute atomic E-state index is 3.49. The van der Waals surface area contributed by atoms with E-state index < -0.39 is 0 Å². The smallest absolute Gasteiger partial charge is 0.00784 e. The number of benzene rings is 1. The standard InChI is InChI=1S/C16H25N/c1-5-17-12-16(10-11-16)14-8-6-13(7-9-14)15(2,3)4/h6-9,17H,5,10-12H2,1-4H3. The summed E-state index contributed by atoms with van der Waals surface area (Å²) in [5, 5.41) is 3.49. The molecular formula is C16H25N. The predicted octanol–water partition coefficient (Wildman–Crippen LogP) is 3.63. The van der Waals surface area contributed by atoms with E-state index in [0.29, 0.717) is 5.41 Å². The monoisotopic (exact) mass is 231 g/mol. The maximum atomic E-state index is 3.49. The van der Waals surface area contributed by atoms with Crippen LogP contribution in [0.25, 0.3) is 0 Å². The molecule has 1 aliphatic carbocycles. The van der Waals surface area contributed by atoms with Crippen molar-refractivity contribution >= 4 is 0 Å². The van der Waals surface area contributed by atoms with Gasteiger partial charge in [0.05, 0.1) is 0 Å². The molecule has 0 aliphatic heterocycles. The molecule has 1 fully saturated rings. The second-order valence-corrected chi connectivity index (χ2v) is 6.39. The second-order valence-electron chi connectivity index (χ2n) is 6.39. The van der Waals surface area contributed by atoms with E-state index in [1.807, 2.05) is 0 Å². The second kappa shape index (κ2) is 4.45. The van der Waals surface area contributed by atoms with Gasteiger partial charge in [-0.05, 0) is 35.9 Å². The van der Waals surface area contributed by atoms with E-state index in [1.54, 1.807) is 0 Å². The van der Waals surface area contributed by atoms with Gasteiger partial charge in [-0.3, -0.25) is 0 Å². The molecule has 0 heterocycles. The Hall–Kier alpha value is -0.820. The molecule has 1 aliphatic rings. The van der Waals surface area contributed by atoms with Crippen molar-refractivity contribution in [2.24, 2.45) is 0 Å². The average molecular weight is 231 g/mol. The molecule has 2 rings (SSSR count). The van der Waals surface area contributed by atoms with Crippen LogP contribution in [-0.2, 0) is 10.8 Å². The lowest BCUT2D eigenvalue weighted by Gasteiger charge is -2.21. The maximum Gasteiger partial charge on any atom is 0.00784 e. The summed E-state index contributed by atoms with van der Waals surface area (Å²) in [6.07, 6.45) is 2.68. The van der Waals surface area contributed by atoms with Gasteiger partial charge in [0.15, 0.2) is 0 Å². The minimum absolute atomic E-state index is 0.261. The van der Waals surface area contributed by atoms with E-state index in [4.69, 9.17) is 0 Å². The molecule has 0 aromatic heterocycles. The number of rotatable bonds is 4. The van der Waals surface area contributed by atoms with Crippen LogP contribution in [-0.4, -0.2) is 13.1 Å². The number of hydrogen-bond acceptors (Lipinski definition) is 1. The van der Waals surface area contributed by atoms with Crippen LogP contribution in [0.5, 0.6) is 0 Å². The third-order valence-corrected chi connectivity index (χ3v) is 3.93. The van der Waals surface area contributed by atoms with Gasteiger partial charge in [-0.2, -0.15) is 0 Å². The molecule has 1 N–H and O–H groups in total. The Morgan fingerprint density at radius 3 is 2.12 bits per heavy atom. The lowest BCUT2D eigenvalue weighted by Crippen LogP contribution is -2.26. The van der Waals surface area contributed by atoms with Crippen molar-refractivity contribution in [2.45, 2.75) is 51.4 Å². The Labute approximate surface area is 106 Å². The summed E-state index contributed by atoms with van der Waals surface area (Å²) in [4.78, 5) is 0. The number of likely N-dealkylation sites (N-methyl/N-ethyl adjacent to an activating group) is 1. The zero-order valence-corrected chi connectivity index (χ0v) is 11.6. The van der Waals surface area contributed by atoms with E-state index in [9.17, 15) is 0 Å². The van der Waals surface area contributed by atoms with Crippen molar-refractivity contribution in [3.8, 4) is 0 Å². The Morgan fingerprint density at radius 2 is 1.71 bits per heavy atom. The minimum Gasteiger partial charge on any atom is -0.316 e. The zero-order valence-electron chi connectivity index (χ0n) is 11.6.